The predicted octanol–water partition coefficient (Wildman–Crippen LogP) is 2.06. The highest BCUT2D eigenvalue weighted by Crippen LogP contribution is 2.19. The van der Waals surface area contributed by atoms with Crippen molar-refractivity contribution in [3.05, 3.63) is 9.47 Å². The zero-order chi connectivity index (χ0) is 10.9. The lowest BCUT2D eigenvalue weighted by molar-refractivity contribution is 0.0654. The van der Waals surface area contributed by atoms with E-state index < -0.39 is 0 Å². The molecule has 1 amide bonds. The highest BCUT2D eigenvalue weighted by atomic mass is 35.5. The van der Waals surface area contributed by atoms with Gasteiger partial charge in [0.25, 0.3) is 5.91 Å². The number of aromatic nitrogens is 2. The summed E-state index contributed by atoms with van der Waals surface area (Å²) >= 11 is 6.69. The third-order valence-electron chi connectivity index (χ3n) is 1.89. The van der Waals surface area contributed by atoms with E-state index >= 15 is 0 Å². The molecule has 0 saturated heterocycles. The highest BCUT2D eigenvalue weighted by molar-refractivity contribution is 7.17. The van der Waals surface area contributed by atoms with E-state index in [0.29, 0.717) is 5.01 Å². The second-order valence-corrected chi connectivity index (χ2v) is 5.45. The van der Waals surface area contributed by atoms with Gasteiger partial charge in [-0.05, 0) is 32.4 Å². The smallest absolute Gasteiger partial charge is 0.285 e. The zero-order valence-electron chi connectivity index (χ0n) is 8.54. The molecule has 0 aromatic carbocycles. The topological polar surface area (TPSA) is 46.1 Å². The Morgan fingerprint density at radius 1 is 1.43 bits per heavy atom. The summed E-state index contributed by atoms with van der Waals surface area (Å²) in [5.41, 5.74) is -0.227. The van der Waals surface area contributed by atoms with Crippen LogP contribution in [0.25, 0.3) is 0 Å². The van der Waals surface area contributed by atoms with Crippen molar-refractivity contribution in [2.75, 3.05) is 7.05 Å². The summed E-state index contributed by atoms with van der Waals surface area (Å²) < 4.78 is 0.288. The van der Waals surface area contributed by atoms with E-state index in [-0.39, 0.29) is 15.9 Å². The number of amides is 1. The van der Waals surface area contributed by atoms with Crippen molar-refractivity contribution in [3.8, 4) is 0 Å². The minimum atomic E-state index is -0.227. The van der Waals surface area contributed by atoms with E-state index in [1.807, 2.05) is 20.8 Å². The molecule has 4 nitrogen and oxygen atoms in total. The Kier molecular flexibility index (Phi) is 3.11. The number of rotatable bonds is 1. The quantitative estimate of drug-likeness (QED) is 0.746. The molecule has 0 bridgehead atoms. The van der Waals surface area contributed by atoms with Crippen LogP contribution in [0.5, 0.6) is 0 Å². The maximum Gasteiger partial charge on any atom is 0.285 e. The number of carbonyl (C=O) groups excluding carboxylic acids is 1. The molecule has 0 saturated carbocycles. The fourth-order valence-corrected chi connectivity index (χ4v) is 1.54. The van der Waals surface area contributed by atoms with Crippen LogP contribution in [0.2, 0.25) is 4.47 Å². The molecular weight excluding hydrogens is 222 g/mol. The Morgan fingerprint density at radius 2 is 2.00 bits per heavy atom. The molecule has 1 aromatic heterocycles. The summed E-state index contributed by atoms with van der Waals surface area (Å²) in [7, 11) is 1.73. The van der Waals surface area contributed by atoms with Crippen molar-refractivity contribution in [3.63, 3.8) is 0 Å². The lowest BCUT2D eigenvalue weighted by Crippen LogP contribution is -2.42. The number of carbonyl (C=O) groups is 1. The highest BCUT2D eigenvalue weighted by Gasteiger charge is 2.25. The monoisotopic (exact) mass is 233 g/mol. The molecule has 1 rings (SSSR count). The lowest BCUT2D eigenvalue weighted by atomic mass is 10.1. The Bertz CT molecular complexity index is 345. The molecule has 0 N–H and O–H groups in total. The van der Waals surface area contributed by atoms with Crippen molar-refractivity contribution in [1.29, 1.82) is 0 Å². The number of hydrogen-bond acceptors (Lipinski definition) is 4. The third kappa shape index (κ3) is 2.42. The van der Waals surface area contributed by atoms with Gasteiger partial charge in [-0.1, -0.05) is 11.3 Å². The number of nitrogens with zero attached hydrogens (tertiary/aromatic N) is 3. The summed E-state index contributed by atoms with van der Waals surface area (Å²) in [6, 6.07) is 0. The molecule has 1 aromatic rings. The number of halogens is 1. The largest absolute Gasteiger partial charge is 0.335 e. The van der Waals surface area contributed by atoms with Crippen LogP contribution in [0.1, 0.15) is 30.6 Å². The lowest BCUT2D eigenvalue weighted by Gasteiger charge is -2.30. The summed E-state index contributed by atoms with van der Waals surface area (Å²) in [6.07, 6.45) is 0. The second-order valence-electron chi connectivity index (χ2n) is 3.90. The van der Waals surface area contributed by atoms with E-state index in [1.54, 1.807) is 11.9 Å². The van der Waals surface area contributed by atoms with Crippen LogP contribution in [0.4, 0.5) is 0 Å². The van der Waals surface area contributed by atoms with Crippen molar-refractivity contribution in [2.24, 2.45) is 0 Å². The molecular formula is C8H12ClN3OS. The van der Waals surface area contributed by atoms with E-state index in [2.05, 4.69) is 10.2 Å². The summed E-state index contributed by atoms with van der Waals surface area (Å²) in [5, 5.41) is 7.61. The molecule has 0 aliphatic carbocycles. The molecule has 6 heteroatoms. The first-order valence-electron chi connectivity index (χ1n) is 4.09. The molecule has 0 atom stereocenters. The Morgan fingerprint density at radius 3 is 2.36 bits per heavy atom. The van der Waals surface area contributed by atoms with E-state index in [0.717, 1.165) is 11.3 Å². The van der Waals surface area contributed by atoms with Gasteiger partial charge in [-0.25, -0.2) is 0 Å². The van der Waals surface area contributed by atoms with Gasteiger partial charge in [-0.2, -0.15) is 0 Å². The van der Waals surface area contributed by atoms with Crippen LogP contribution in [-0.4, -0.2) is 33.6 Å². The van der Waals surface area contributed by atoms with Crippen LogP contribution in [0, 0.1) is 0 Å². The van der Waals surface area contributed by atoms with Gasteiger partial charge in [0.1, 0.15) is 0 Å². The zero-order valence-corrected chi connectivity index (χ0v) is 10.1. The Hall–Kier alpha value is -0.680. The molecule has 0 fully saturated rings. The summed E-state index contributed by atoms with van der Waals surface area (Å²) in [6.45, 7) is 5.86. The van der Waals surface area contributed by atoms with Crippen molar-refractivity contribution in [1.82, 2.24) is 15.1 Å². The van der Waals surface area contributed by atoms with Gasteiger partial charge < -0.3 is 4.90 Å². The minimum Gasteiger partial charge on any atom is -0.335 e. The summed E-state index contributed by atoms with van der Waals surface area (Å²) in [4.78, 5) is 13.4. The van der Waals surface area contributed by atoms with E-state index in [4.69, 9.17) is 11.6 Å². The average molecular weight is 234 g/mol. The van der Waals surface area contributed by atoms with Gasteiger partial charge in [0.05, 0.1) is 0 Å². The molecule has 1 heterocycles. The number of hydrogen-bond donors (Lipinski definition) is 0. The van der Waals surface area contributed by atoms with Gasteiger partial charge in [0, 0.05) is 12.6 Å². The SMILES string of the molecule is CN(C(=O)c1nnc(Cl)s1)C(C)(C)C. The van der Waals surface area contributed by atoms with Crippen LogP contribution >= 0.6 is 22.9 Å². The van der Waals surface area contributed by atoms with Crippen LogP contribution < -0.4 is 0 Å². The van der Waals surface area contributed by atoms with Crippen molar-refractivity contribution < 1.29 is 4.79 Å². The van der Waals surface area contributed by atoms with Crippen LogP contribution in [0.3, 0.4) is 0 Å². The molecule has 78 valence electrons. The van der Waals surface area contributed by atoms with Crippen LogP contribution in [0.15, 0.2) is 0 Å². The molecule has 0 unspecified atom stereocenters. The predicted molar refractivity (Wildman–Crippen MR) is 56.8 cm³/mol. The van der Waals surface area contributed by atoms with Crippen LogP contribution in [-0.2, 0) is 0 Å². The Balaban J connectivity index is 2.86. The maximum atomic E-state index is 11.8. The van der Waals surface area contributed by atoms with Crippen molar-refractivity contribution in [2.45, 2.75) is 26.3 Å². The van der Waals surface area contributed by atoms with Gasteiger partial charge in [0.2, 0.25) is 9.47 Å². The van der Waals surface area contributed by atoms with Crippen molar-refractivity contribution >= 4 is 28.8 Å². The van der Waals surface area contributed by atoms with Gasteiger partial charge in [-0.3, -0.25) is 4.79 Å². The normalized spacial score (nSPS) is 11.5. The fourth-order valence-electron chi connectivity index (χ4n) is 0.740. The Labute approximate surface area is 91.9 Å². The first kappa shape index (κ1) is 11.4. The van der Waals surface area contributed by atoms with Gasteiger partial charge in [0.15, 0.2) is 0 Å². The molecule has 14 heavy (non-hydrogen) atoms. The van der Waals surface area contributed by atoms with Gasteiger partial charge in [-0.15, -0.1) is 10.2 Å². The average Bonchev–Trinajstić information content (AvgIpc) is 2.47. The second kappa shape index (κ2) is 3.82. The molecule has 0 radical (unpaired) electrons. The van der Waals surface area contributed by atoms with E-state index in [1.165, 1.54) is 0 Å². The first-order chi connectivity index (χ1) is 6.32. The fraction of sp³-hybridized carbons (Fsp3) is 0.625. The molecule has 0 aliphatic rings. The van der Waals surface area contributed by atoms with Gasteiger partial charge >= 0.3 is 0 Å². The minimum absolute atomic E-state index is 0.151. The first-order valence-corrected chi connectivity index (χ1v) is 5.29. The maximum absolute atomic E-state index is 11.8. The van der Waals surface area contributed by atoms with E-state index in [9.17, 15) is 4.79 Å². The molecule has 0 aliphatic heterocycles. The molecule has 0 spiro atoms. The summed E-state index contributed by atoms with van der Waals surface area (Å²) in [5.74, 6) is -0.151. The third-order valence-corrected chi connectivity index (χ3v) is 2.90. The standard InChI is InChI=1S/C8H12ClN3OS/c1-8(2,3)12(4)6(13)5-10-11-7(9)14-5/h1-4H3.